The summed E-state index contributed by atoms with van der Waals surface area (Å²) in [5.74, 6) is 1.93. The fraction of sp³-hybridized carbons (Fsp3) is 0.304. The Morgan fingerprint density at radius 3 is 2.80 bits per heavy atom. The number of rotatable bonds is 6. The maximum Gasteiger partial charge on any atom is 0.132 e. The molecule has 0 aromatic carbocycles. The van der Waals surface area contributed by atoms with E-state index in [-0.39, 0.29) is 0 Å². The monoisotopic (exact) mass is 397 g/mol. The van der Waals surface area contributed by atoms with Gasteiger partial charge in [0.05, 0.1) is 23.0 Å². The van der Waals surface area contributed by atoms with E-state index < -0.39 is 0 Å². The van der Waals surface area contributed by atoms with Gasteiger partial charge in [0.15, 0.2) is 0 Å². The summed E-state index contributed by atoms with van der Waals surface area (Å²) in [4.78, 5) is 13.6. The molecule has 2 fully saturated rings. The molecule has 0 radical (unpaired) electrons. The van der Waals surface area contributed by atoms with Crippen LogP contribution in [0.3, 0.4) is 0 Å². The highest BCUT2D eigenvalue weighted by Crippen LogP contribution is 2.42. The first-order chi connectivity index (χ1) is 14.8. The molecule has 3 aromatic heterocycles. The quantitative estimate of drug-likeness (QED) is 0.582. The lowest BCUT2D eigenvalue weighted by Gasteiger charge is -2.14. The molecule has 1 saturated carbocycles. The minimum atomic E-state index is 0.434. The molecule has 4 heterocycles. The molecule has 7 nitrogen and oxygen atoms in total. The van der Waals surface area contributed by atoms with Gasteiger partial charge in [-0.05, 0) is 67.6 Å². The number of hydrogen-bond donors (Lipinski definition) is 3. The highest BCUT2D eigenvalue weighted by molar-refractivity contribution is 5.68. The van der Waals surface area contributed by atoms with Gasteiger partial charge in [0, 0.05) is 36.7 Å². The van der Waals surface area contributed by atoms with Crippen LogP contribution in [0.2, 0.25) is 0 Å². The summed E-state index contributed by atoms with van der Waals surface area (Å²) in [6, 6.07) is 12.4. The minimum Gasteiger partial charge on any atom is -0.380 e. The molecule has 0 amide bonds. The Balaban J connectivity index is 1.45. The molecule has 1 atom stereocenters. The fourth-order valence-electron chi connectivity index (χ4n) is 3.79. The second kappa shape index (κ2) is 8.09. The van der Waals surface area contributed by atoms with Crippen molar-refractivity contribution in [2.75, 3.05) is 23.7 Å². The Bertz CT molecular complexity index is 1090. The van der Waals surface area contributed by atoms with Crippen molar-refractivity contribution < 1.29 is 0 Å². The topological polar surface area (TPSA) is 98.5 Å². The van der Waals surface area contributed by atoms with Gasteiger partial charge in [-0.15, -0.1) is 0 Å². The summed E-state index contributed by atoms with van der Waals surface area (Å²) in [5, 5.41) is 19.3. The number of nitrogens with one attached hydrogen (secondary N) is 3. The number of pyridine rings is 3. The molecule has 2 aliphatic rings. The molecule has 150 valence electrons. The van der Waals surface area contributed by atoms with Gasteiger partial charge in [-0.25, -0.2) is 9.97 Å². The zero-order valence-corrected chi connectivity index (χ0v) is 16.6. The van der Waals surface area contributed by atoms with E-state index in [1.54, 1.807) is 18.3 Å². The Labute approximate surface area is 175 Å². The Hall–Kier alpha value is -3.50. The molecule has 1 saturated heterocycles. The lowest BCUT2D eigenvalue weighted by Crippen LogP contribution is -2.22. The highest BCUT2D eigenvalue weighted by Gasteiger charge is 2.25. The molecule has 1 aliphatic heterocycles. The van der Waals surface area contributed by atoms with E-state index in [2.05, 4.69) is 50.2 Å². The van der Waals surface area contributed by atoms with Crippen molar-refractivity contribution in [3.8, 4) is 17.3 Å². The van der Waals surface area contributed by atoms with Gasteiger partial charge in [0.2, 0.25) is 0 Å². The first kappa shape index (κ1) is 18.5. The molecule has 1 aliphatic carbocycles. The molecule has 0 bridgehead atoms. The summed E-state index contributed by atoms with van der Waals surface area (Å²) in [6.45, 7) is 2.02. The van der Waals surface area contributed by atoms with E-state index in [0.717, 1.165) is 42.3 Å². The van der Waals surface area contributed by atoms with Crippen LogP contribution in [-0.4, -0.2) is 34.1 Å². The number of nitriles is 1. The van der Waals surface area contributed by atoms with E-state index in [1.165, 1.54) is 18.4 Å². The molecule has 0 unspecified atom stereocenters. The van der Waals surface area contributed by atoms with Crippen LogP contribution in [0, 0.1) is 11.3 Å². The van der Waals surface area contributed by atoms with Crippen molar-refractivity contribution in [2.24, 2.45) is 0 Å². The summed E-state index contributed by atoms with van der Waals surface area (Å²) in [6.07, 6.45) is 8.88. The molecule has 7 heteroatoms. The van der Waals surface area contributed by atoms with Gasteiger partial charge >= 0.3 is 0 Å². The van der Waals surface area contributed by atoms with E-state index in [4.69, 9.17) is 10.2 Å². The van der Waals surface area contributed by atoms with Gasteiger partial charge in [-0.2, -0.15) is 5.26 Å². The Morgan fingerprint density at radius 2 is 2.00 bits per heavy atom. The maximum absolute atomic E-state index is 9.14. The van der Waals surface area contributed by atoms with Crippen LogP contribution in [0.1, 0.15) is 36.3 Å². The first-order valence-electron chi connectivity index (χ1n) is 10.3. The van der Waals surface area contributed by atoms with E-state index in [9.17, 15) is 0 Å². The smallest absolute Gasteiger partial charge is 0.132 e. The minimum absolute atomic E-state index is 0.434. The van der Waals surface area contributed by atoms with Crippen LogP contribution in [0.4, 0.5) is 17.3 Å². The summed E-state index contributed by atoms with van der Waals surface area (Å²) in [7, 11) is 0. The lowest BCUT2D eigenvalue weighted by atomic mass is 10.1. The van der Waals surface area contributed by atoms with Crippen LogP contribution in [-0.2, 0) is 0 Å². The van der Waals surface area contributed by atoms with E-state index in [1.807, 2.05) is 12.4 Å². The first-order valence-corrected chi connectivity index (χ1v) is 10.3. The van der Waals surface area contributed by atoms with Crippen LogP contribution in [0.5, 0.6) is 0 Å². The summed E-state index contributed by atoms with van der Waals surface area (Å²) < 4.78 is 0. The molecular weight excluding hydrogens is 374 g/mol. The predicted molar refractivity (Wildman–Crippen MR) is 117 cm³/mol. The average molecular weight is 397 g/mol. The molecule has 5 rings (SSSR count). The third-order valence-corrected chi connectivity index (χ3v) is 5.51. The van der Waals surface area contributed by atoms with Gasteiger partial charge in [0.25, 0.3) is 0 Å². The third-order valence-electron chi connectivity index (χ3n) is 5.51. The largest absolute Gasteiger partial charge is 0.380 e. The molecule has 0 spiro atoms. The predicted octanol–water partition coefficient (Wildman–Crippen LogP) is 3.81. The number of anilines is 3. The Kier molecular flexibility index (Phi) is 4.99. The van der Waals surface area contributed by atoms with Gasteiger partial charge < -0.3 is 16.0 Å². The normalized spacial score (nSPS) is 18.0. The van der Waals surface area contributed by atoms with Crippen molar-refractivity contribution >= 4 is 17.3 Å². The van der Waals surface area contributed by atoms with Crippen LogP contribution in [0.15, 0.2) is 48.9 Å². The van der Waals surface area contributed by atoms with Crippen molar-refractivity contribution in [3.05, 3.63) is 60.0 Å². The second-order valence-electron chi connectivity index (χ2n) is 7.91. The van der Waals surface area contributed by atoms with Crippen molar-refractivity contribution in [2.45, 2.75) is 31.2 Å². The number of nitrogens with zero attached hydrogens (tertiary/aromatic N) is 4. The number of aromatic nitrogens is 3. The highest BCUT2D eigenvalue weighted by atomic mass is 15.1. The Morgan fingerprint density at radius 1 is 1.07 bits per heavy atom. The maximum atomic E-state index is 9.14. The van der Waals surface area contributed by atoms with E-state index >= 15 is 0 Å². The standard InChI is InChI=1S/C23H23N7/c24-11-15-3-6-27-22(7-15)30-23-10-17(16-1-2-16)9-21(29-23)18-8-20(14-26-12-18)28-19-4-5-25-13-19/h3,6-10,12,14,16,19,25,28H,1-2,4-5,13H2,(H,27,29,30)/t19-/m1/s1. The SMILES string of the molecule is N#Cc1ccnc(Nc2cc(C3CC3)cc(-c3cncc(N[C@@H]4CCNC4)c3)n2)c1. The molecule has 30 heavy (non-hydrogen) atoms. The molecular formula is C23H23N7. The lowest BCUT2D eigenvalue weighted by molar-refractivity contribution is 0.792. The van der Waals surface area contributed by atoms with Gasteiger partial charge in [0.1, 0.15) is 11.6 Å². The van der Waals surface area contributed by atoms with Crippen molar-refractivity contribution in [1.82, 2.24) is 20.3 Å². The molecule has 3 N–H and O–H groups in total. The van der Waals surface area contributed by atoms with Crippen LogP contribution in [0.25, 0.3) is 11.3 Å². The van der Waals surface area contributed by atoms with E-state index in [0.29, 0.717) is 23.3 Å². The summed E-state index contributed by atoms with van der Waals surface area (Å²) >= 11 is 0. The average Bonchev–Trinajstić information content (AvgIpc) is 3.51. The van der Waals surface area contributed by atoms with Gasteiger partial charge in [-0.1, -0.05) is 0 Å². The van der Waals surface area contributed by atoms with Gasteiger partial charge in [-0.3, -0.25) is 4.98 Å². The zero-order chi connectivity index (χ0) is 20.3. The fourth-order valence-corrected chi connectivity index (χ4v) is 3.79. The van der Waals surface area contributed by atoms with Crippen molar-refractivity contribution in [3.63, 3.8) is 0 Å². The number of hydrogen-bond acceptors (Lipinski definition) is 7. The molecule has 3 aromatic rings. The third kappa shape index (κ3) is 4.24. The summed E-state index contributed by atoms with van der Waals surface area (Å²) in [5.41, 5.74) is 4.72. The zero-order valence-electron chi connectivity index (χ0n) is 16.6. The van der Waals surface area contributed by atoms with Crippen LogP contribution < -0.4 is 16.0 Å². The second-order valence-corrected chi connectivity index (χ2v) is 7.91. The van der Waals surface area contributed by atoms with Crippen molar-refractivity contribution in [1.29, 1.82) is 5.26 Å². The van der Waals surface area contributed by atoms with Crippen LogP contribution >= 0.6 is 0 Å².